The van der Waals surface area contributed by atoms with Gasteiger partial charge in [-0.2, -0.15) is 0 Å². The minimum Gasteiger partial charge on any atom is -0.411 e. The molecule has 0 aromatic heterocycles. The SMILES string of the molecule is C/C(=N\O)C1(C)CC(C)[C@@]23CC[C@@H](CC12)C3. The van der Waals surface area contributed by atoms with Crippen LogP contribution in [0.25, 0.3) is 0 Å². The summed E-state index contributed by atoms with van der Waals surface area (Å²) in [6.07, 6.45) is 6.94. The van der Waals surface area contributed by atoms with E-state index in [-0.39, 0.29) is 5.41 Å². The fourth-order valence-corrected chi connectivity index (χ4v) is 5.48. The molecule has 0 aromatic rings. The second-order valence-corrected chi connectivity index (χ2v) is 6.84. The maximum absolute atomic E-state index is 9.12. The molecule has 1 N–H and O–H groups in total. The van der Waals surface area contributed by atoms with Crippen molar-refractivity contribution < 1.29 is 5.21 Å². The first kappa shape index (κ1) is 10.6. The quantitative estimate of drug-likeness (QED) is 0.409. The smallest absolute Gasteiger partial charge is 0.0601 e. The van der Waals surface area contributed by atoms with Crippen molar-refractivity contribution in [1.82, 2.24) is 0 Å². The van der Waals surface area contributed by atoms with E-state index < -0.39 is 0 Å². The van der Waals surface area contributed by atoms with Gasteiger partial charge in [0.05, 0.1) is 5.71 Å². The molecule has 3 rings (SSSR count). The van der Waals surface area contributed by atoms with Crippen molar-refractivity contribution >= 4 is 5.71 Å². The number of hydrogen-bond donors (Lipinski definition) is 1. The zero-order valence-electron chi connectivity index (χ0n) is 10.7. The summed E-state index contributed by atoms with van der Waals surface area (Å²) in [7, 11) is 0. The van der Waals surface area contributed by atoms with E-state index >= 15 is 0 Å². The van der Waals surface area contributed by atoms with E-state index in [4.69, 9.17) is 5.21 Å². The van der Waals surface area contributed by atoms with Crippen LogP contribution in [0.1, 0.15) is 52.9 Å². The Balaban J connectivity index is 2.02. The Labute approximate surface area is 98.1 Å². The van der Waals surface area contributed by atoms with Crippen LogP contribution in [0, 0.1) is 28.6 Å². The predicted molar refractivity (Wildman–Crippen MR) is 64.7 cm³/mol. The Morgan fingerprint density at radius 1 is 1.38 bits per heavy atom. The van der Waals surface area contributed by atoms with Crippen LogP contribution >= 0.6 is 0 Å². The van der Waals surface area contributed by atoms with E-state index in [0.717, 1.165) is 23.5 Å². The van der Waals surface area contributed by atoms with Crippen LogP contribution in [0.2, 0.25) is 0 Å². The maximum atomic E-state index is 9.12. The average molecular weight is 221 g/mol. The summed E-state index contributed by atoms with van der Waals surface area (Å²) in [6.45, 7) is 6.77. The van der Waals surface area contributed by atoms with Gasteiger partial charge in [-0.15, -0.1) is 0 Å². The minimum absolute atomic E-state index is 0.170. The summed E-state index contributed by atoms with van der Waals surface area (Å²) in [5.41, 5.74) is 1.74. The second-order valence-electron chi connectivity index (χ2n) is 6.84. The van der Waals surface area contributed by atoms with Crippen molar-refractivity contribution in [3.8, 4) is 0 Å². The van der Waals surface area contributed by atoms with E-state index in [0.29, 0.717) is 5.41 Å². The lowest BCUT2D eigenvalue weighted by Crippen LogP contribution is -2.35. The first-order valence-electron chi connectivity index (χ1n) is 6.72. The first-order valence-corrected chi connectivity index (χ1v) is 6.72. The van der Waals surface area contributed by atoms with E-state index in [9.17, 15) is 0 Å². The van der Waals surface area contributed by atoms with E-state index in [1.807, 2.05) is 6.92 Å². The molecule has 1 spiro atoms. The van der Waals surface area contributed by atoms with Gasteiger partial charge < -0.3 is 5.21 Å². The summed E-state index contributed by atoms with van der Waals surface area (Å²) >= 11 is 0. The highest BCUT2D eigenvalue weighted by Gasteiger charge is 2.65. The van der Waals surface area contributed by atoms with E-state index in [1.54, 1.807) is 0 Å². The lowest BCUT2D eigenvalue weighted by molar-refractivity contribution is 0.140. The predicted octanol–water partition coefficient (Wildman–Crippen LogP) is 3.69. The third-order valence-corrected chi connectivity index (χ3v) is 6.41. The topological polar surface area (TPSA) is 32.6 Å². The molecule has 2 bridgehead atoms. The highest BCUT2D eigenvalue weighted by atomic mass is 16.4. The standard InChI is InChI=1S/C14H23NO/c1-9-7-13(3,10(2)15-16)12-6-11-4-5-14(9,12)8-11/h9,11-12,16H,4-8H2,1-3H3/b15-10+/t9?,11-,12?,13?,14-/m0/s1. The van der Waals surface area contributed by atoms with Crippen molar-refractivity contribution in [3.63, 3.8) is 0 Å². The van der Waals surface area contributed by atoms with Crippen LogP contribution < -0.4 is 0 Å². The van der Waals surface area contributed by atoms with Crippen molar-refractivity contribution in [2.75, 3.05) is 0 Å². The van der Waals surface area contributed by atoms with Gasteiger partial charge in [-0.05, 0) is 62.2 Å². The van der Waals surface area contributed by atoms with Gasteiger partial charge in [0, 0.05) is 5.41 Å². The van der Waals surface area contributed by atoms with Gasteiger partial charge >= 0.3 is 0 Å². The number of nitrogens with zero attached hydrogens (tertiary/aromatic N) is 1. The van der Waals surface area contributed by atoms with Gasteiger partial charge in [0.15, 0.2) is 0 Å². The van der Waals surface area contributed by atoms with Crippen LogP contribution in [0.3, 0.4) is 0 Å². The zero-order chi connectivity index (χ0) is 11.6. The fourth-order valence-electron chi connectivity index (χ4n) is 5.48. The van der Waals surface area contributed by atoms with Crippen LogP contribution in [0.4, 0.5) is 0 Å². The summed E-state index contributed by atoms with van der Waals surface area (Å²) in [4.78, 5) is 0. The van der Waals surface area contributed by atoms with Gasteiger partial charge in [0.25, 0.3) is 0 Å². The number of fused-ring (bicyclic) bond motifs is 1. The Hall–Kier alpha value is -0.530. The Morgan fingerprint density at radius 3 is 2.75 bits per heavy atom. The van der Waals surface area contributed by atoms with Gasteiger partial charge in [-0.25, -0.2) is 0 Å². The monoisotopic (exact) mass is 221 g/mol. The molecule has 2 nitrogen and oxygen atoms in total. The molecule has 0 saturated heterocycles. The molecular weight excluding hydrogens is 198 g/mol. The average Bonchev–Trinajstić information content (AvgIpc) is 2.90. The van der Waals surface area contributed by atoms with Crippen molar-refractivity contribution in [3.05, 3.63) is 0 Å². The molecule has 3 unspecified atom stereocenters. The van der Waals surface area contributed by atoms with Crippen LogP contribution in [0.15, 0.2) is 5.16 Å². The first-order chi connectivity index (χ1) is 7.53. The van der Waals surface area contributed by atoms with Crippen LogP contribution in [-0.2, 0) is 0 Å². The molecule has 0 aliphatic heterocycles. The van der Waals surface area contributed by atoms with Crippen molar-refractivity contribution in [1.29, 1.82) is 0 Å². The summed E-state index contributed by atoms with van der Waals surface area (Å²) in [5, 5.41) is 12.7. The molecular formula is C14H23NO. The van der Waals surface area contributed by atoms with E-state index in [2.05, 4.69) is 19.0 Å². The van der Waals surface area contributed by atoms with Gasteiger partial charge in [0.1, 0.15) is 0 Å². The lowest BCUT2D eigenvalue weighted by atomic mass is 9.66. The van der Waals surface area contributed by atoms with Crippen LogP contribution in [0.5, 0.6) is 0 Å². The van der Waals surface area contributed by atoms with Crippen molar-refractivity contribution in [2.24, 2.45) is 33.7 Å². The van der Waals surface area contributed by atoms with Crippen molar-refractivity contribution in [2.45, 2.75) is 52.9 Å². The van der Waals surface area contributed by atoms with Gasteiger partial charge in [-0.1, -0.05) is 19.0 Å². The molecule has 3 saturated carbocycles. The largest absolute Gasteiger partial charge is 0.411 e. The molecule has 16 heavy (non-hydrogen) atoms. The molecule has 0 aromatic carbocycles. The van der Waals surface area contributed by atoms with Crippen LogP contribution in [-0.4, -0.2) is 10.9 Å². The minimum atomic E-state index is 0.170. The Morgan fingerprint density at radius 2 is 2.12 bits per heavy atom. The highest BCUT2D eigenvalue weighted by molar-refractivity contribution is 5.88. The molecule has 90 valence electrons. The Bertz CT molecular complexity index is 351. The van der Waals surface area contributed by atoms with Gasteiger partial charge in [-0.3, -0.25) is 0 Å². The summed E-state index contributed by atoms with van der Waals surface area (Å²) < 4.78 is 0. The lowest BCUT2D eigenvalue weighted by Gasteiger charge is -2.38. The fraction of sp³-hybridized carbons (Fsp3) is 0.929. The third kappa shape index (κ3) is 1.01. The van der Waals surface area contributed by atoms with Gasteiger partial charge in [0.2, 0.25) is 0 Å². The molecule has 2 heteroatoms. The maximum Gasteiger partial charge on any atom is 0.0601 e. The molecule has 0 amide bonds. The zero-order valence-corrected chi connectivity index (χ0v) is 10.7. The van der Waals surface area contributed by atoms with E-state index in [1.165, 1.54) is 32.1 Å². The number of hydrogen-bond acceptors (Lipinski definition) is 2. The molecule has 3 aliphatic carbocycles. The third-order valence-electron chi connectivity index (χ3n) is 6.41. The molecule has 3 fully saturated rings. The summed E-state index contributed by atoms with van der Waals surface area (Å²) in [5.74, 6) is 2.56. The molecule has 5 atom stereocenters. The highest BCUT2D eigenvalue weighted by Crippen LogP contribution is 2.72. The molecule has 0 heterocycles. The molecule has 0 radical (unpaired) electrons. The number of rotatable bonds is 1. The summed E-state index contributed by atoms with van der Waals surface area (Å²) in [6, 6.07) is 0. The number of oxime groups is 1. The second kappa shape index (κ2) is 3.02. The molecule has 3 aliphatic rings. The Kier molecular flexibility index (Phi) is 2.01. The normalized spacial score (nSPS) is 55.7.